The molecule has 0 heterocycles. The summed E-state index contributed by atoms with van der Waals surface area (Å²) in [5, 5.41) is 9.54. The number of carbonyl (C=O) groups excluding carboxylic acids is 1. The van der Waals surface area contributed by atoms with Gasteiger partial charge in [0.05, 0.1) is 23.5 Å². The minimum atomic E-state index is -0.823. The SMILES string of the molecule is CC(C)(O)CCOc1c(N)cccc1C(N)=O. The summed E-state index contributed by atoms with van der Waals surface area (Å²) < 4.78 is 5.42. The average Bonchev–Trinajstić information content (AvgIpc) is 2.18. The minimum absolute atomic E-state index is 0.251. The third kappa shape index (κ3) is 3.96. The summed E-state index contributed by atoms with van der Waals surface area (Å²) >= 11 is 0. The smallest absolute Gasteiger partial charge is 0.252 e. The first-order valence-corrected chi connectivity index (χ1v) is 5.35. The van der Waals surface area contributed by atoms with Crippen molar-refractivity contribution in [3.05, 3.63) is 23.8 Å². The Balaban J connectivity index is 2.79. The second kappa shape index (κ2) is 5.05. The molecule has 0 fully saturated rings. The van der Waals surface area contributed by atoms with Crippen LogP contribution in [0.25, 0.3) is 0 Å². The summed E-state index contributed by atoms with van der Waals surface area (Å²) in [7, 11) is 0. The van der Waals surface area contributed by atoms with Crippen molar-refractivity contribution >= 4 is 11.6 Å². The highest BCUT2D eigenvalue weighted by Gasteiger charge is 2.15. The van der Waals surface area contributed by atoms with Crippen LogP contribution in [0.1, 0.15) is 30.6 Å². The molecule has 1 amide bonds. The maximum atomic E-state index is 11.2. The molecule has 94 valence electrons. The minimum Gasteiger partial charge on any atom is -0.490 e. The summed E-state index contributed by atoms with van der Waals surface area (Å²) in [6.45, 7) is 3.62. The second-order valence-electron chi connectivity index (χ2n) is 4.50. The molecular weight excluding hydrogens is 220 g/mol. The normalized spacial score (nSPS) is 11.2. The molecular formula is C12H18N2O3. The molecule has 0 atom stereocenters. The molecule has 0 saturated carbocycles. The second-order valence-corrected chi connectivity index (χ2v) is 4.50. The van der Waals surface area contributed by atoms with Crippen molar-refractivity contribution in [1.82, 2.24) is 0 Å². The summed E-state index contributed by atoms with van der Waals surface area (Å²) in [5.74, 6) is -0.306. The topological polar surface area (TPSA) is 98.6 Å². The van der Waals surface area contributed by atoms with E-state index in [2.05, 4.69) is 0 Å². The van der Waals surface area contributed by atoms with Gasteiger partial charge in [-0.25, -0.2) is 0 Å². The summed E-state index contributed by atoms with van der Waals surface area (Å²) in [6.07, 6.45) is 0.430. The highest BCUT2D eigenvalue weighted by molar-refractivity contribution is 5.97. The number of rotatable bonds is 5. The number of nitrogen functional groups attached to an aromatic ring is 1. The number of aliphatic hydroxyl groups is 1. The third-order valence-electron chi connectivity index (χ3n) is 2.27. The Kier molecular flexibility index (Phi) is 3.96. The number of hydrogen-bond donors (Lipinski definition) is 3. The van der Waals surface area contributed by atoms with Gasteiger partial charge < -0.3 is 21.3 Å². The van der Waals surface area contributed by atoms with Gasteiger partial charge >= 0.3 is 0 Å². The number of amides is 1. The van der Waals surface area contributed by atoms with Crippen LogP contribution in [0.4, 0.5) is 5.69 Å². The van der Waals surface area contributed by atoms with E-state index in [1.807, 2.05) is 0 Å². The van der Waals surface area contributed by atoms with Crippen LogP contribution in [0, 0.1) is 0 Å². The van der Waals surface area contributed by atoms with Crippen LogP contribution in [-0.4, -0.2) is 23.2 Å². The molecule has 0 unspecified atom stereocenters. The molecule has 1 rings (SSSR count). The molecule has 17 heavy (non-hydrogen) atoms. The zero-order valence-electron chi connectivity index (χ0n) is 10.1. The Morgan fingerprint density at radius 1 is 1.47 bits per heavy atom. The van der Waals surface area contributed by atoms with Crippen LogP contribution in [0.2, 0.25) is 0 Å². The lowest BCUT2D eigenvalue weighted by Crippen LogP contribution is -2.22. The third-order valence-corrected chi connectivity index (χ3v) is 2.27. The van der Waals surface area contributed by atoms with Crippen LogP contribution >= 0.6 is 0 Å². The van der Waals surface area contributed by atoms with Gasteiger partial charge in [0.1, 0.15) is 0 Å². The lowest BCUT2D eigenvalue weighted by molar-refractivity contribution is 0.0553. The zero-order chi connectivity index (χ0) is 13.1. The van der Waals surface area contributed by atoms with E-state index in [1.54, 1.807) is 32.0 Å². The van der Waals surface area contributed by atoms with Gasteiger partial charge in [-0.3, -0.25) is 4.79 Å². The van der Waals surface area contributed by atoms with Crippen molar-refractivity contribution < 1.29 is 14.6 Å². The molecule has 0 bridgehead atoms. The van der Waals surface area contributed by atoms with E-state index in [0.29, 0.717) is 12.1 Å². The number of hydrogen-bond acceptors (Lipinski definition) is 4. The van der Waals surface area contributed by atoms with Crippen LogP contribution in [-0.2, 0) is 0 Å². The molecule has 0 aliphatic carbocycles. The largest absolute Gasteiger partial charge is 0.490 e. The van der Waals surface area contributed by atoms with E-state index in [0.717, 1.165) is 0 Å². The molecule has 0 aliphatic heterocycles. The van der Waals surface area contributed by atoms with Crippen molar-refractivity contribution in [2.45, 2.75) is 25.9 Å². The lowest BCUT2D eigenvalue weighted by Gasteiger charge is -2.18. The summed E-state index contributed by atoms with van der Waals surface area (Å²) in [4.78, 5) is 11.2. The molecule has 0 aliphatic rings. The Hall–Kier alpha value is -1.75. The Morgan fingerprint density at radius 2 is 2.12 bits per heavy atom. The van der Waals surface area contributed by atoms with Gasteiger partial charge in [0.2, 0.25) is 0 Å². The van der Waals surface area contributed by atoms with E-state index >= 15 is 0 Å². The first-order valence-electron chi connectivity index (χ1n) is 5.35. The van der Waals surface area contributed by atoms with Gasteiger partial charge in [-0.05, 0) is 26.0 Å². The fraction of sp³-hybridized carbons (Fsp3) is 0.417. The Labute approximate surface area is 100 Å². The number of carbonyl (C=O) groups is 1. The number of anilines is 1. The van der Waals surface area contributed by atoms with Crippen molar-refractivity contribution in [2.24, 2.45) is 5.73 Å². The molecule has 0 spiro atoms. The van der Waals surface area contributed by atoms with E-state index in [9.17, 15) is 9.90 Å². The summed E-state index contributed by atoms with van der Waals surface area (Å²) in [5.41, 5.74) is 10.7. The molecule has 0 radical (unpaired) electrons. The summed E-state index contributed by atoms with van der Waals surface area (Å²) in [6, 6.07) is 4.82. The van der Waals surface area contributed by atoms with Crippen molar-refractivity contribution in [3.63, 3.8) is 0 Å². The van der Waals surface area contributed by atoms with Crippen LogP contribution in [0.15, 0.2) is 18.2 Å². The van der Waals surface area contributed by atoms with Crippen LogP contribution < -0.4 is 16.2 Å². The van der Waals surface area contributed by atoms with Gasteiger partial charge in [0.25, 0.3) is 5.91 Å². The Morgan fingerprint density at radius 3 is 2.65 bits per heavy atom. The number of para-hydroxylation sites is 1. The monoisotopic (exact) mass is 238 g/mol. The Bertz CT molecular complexity index is 411. The average molecular weight is 238 g/mol. The predicted molar refractivity (Wildman–Crippen MR) is 65.8 cm³/mol. The maximum absolute atomic E-state index is 11.2. The first-order chi connectivity index (χ1) is 7.81. The van der Waals surface area contributed by atoms with Crippen molar-refractivity contribution in [3.8, 4) is 5.75 Å². The molecule has 0 aromatic heterocycles. The van der Waals surface area contributed by atoms with E-state index in [-0.39, 0.29) is 17.9 Å². The van der Waals surface area contributed by atoms with Gasteiger partial charge in [0.15, 0.2) is 5.75 Å². The molecule has 1 aromatic rings. The number of nitrogens with two attached hydrogens (primary N) is 2. The number of benzene rings is 1. The van der Waals surface area contributed by atoms with E-state index in [4.69, 9.17) is 16.2 Å². The van der Waals surface area contributed by atoms with Gasteiger partial charge in [-0.15, -0.1) is 0 Å². The zero-order valence-corrected chi connectivity index (χ0v) is 10.1. The van der Waals surface area contributed by atoms with E-state index < -0.39 is 11.5 Å². The molecule has 0 saturated heterocycles. The van der Waals surface area contributed by atoms with E-state index in [1.165, 1.54) is 0 Å². The standard InChI is InChI=1S/C12H18N2O3/c1-12(2,16)6-7-17-10-8(11(14)15)4-3-5-9(10)13/h3-5,16H,6-7,13H2,1-2H3,(H2,14,15). The van der Waals surface area contributed by atoms with Gasteiger partial charge in [-0.1, -0.05) is 6.07 Å². The lowest BCUT2D eigenvalue weighted by atomic mass is 10.1. The predicted octanol–water partition coefficient (Wildman–Crippen LogP) is 0.908. The van der Waals surface area contributed by atoms with Crippen molar-refractivity contribution in [1.29, 1.82) is 0 Å². The maximum Gasteiger partial charge on any atom is 0.252 e. The van der Waals surface area contributed by atoms with Crippen LogP contribution in [0.5, 0.6) is 5.75 Å². The van der Waals surface area contributed by atoms with Crippen molar-refractivity contribution in [2.75, 3.05) is 12.3 Å². The fourth-order valence-corrected chi connectivity index (χ4v) is 1.31. The highest BCUT2D eigenvalue weighted by atomic mass is 16.5. The van der Waals surface area contributed by atoms with Gasteiger partial charge in [-0.2, -0.15) is 0 Å². The quantitative estimate of drug-likeness (QED) is 0.664. The fourth-order valence-electron chi connectivity index (χ4n) is 1.31. The molecule has 1 aromatic carbocycles. The molecule has 5 N–H and O–H groups in total. The van der Waals surface area contributed by atoms with Crippen LogP contribution in [0.3, 0.4) is 0 Å². The number of primary amides is 1. The highest BCUT2D eigenvalue weighted by Crippen LogP contribution is 2.26. The van der Waals surface area contributed by atoms with Gasteiger partial charge in [0, 0.05) is 6.42 Å². The first kappa shape index (κ1) is 13.3. The molecule has 5 heteroatoms. The number of ether oxygens (including phenoxy) is 1. The molecule has 5 nitrogen and oxygen atoms in total.